The highest BCUT2D eigenvalue weighted by molar-refractivity contribution is 8.01. The summed E-state index contributed by atoms with van der Waals surface area (Å²) in [7, 11) is 1.89. The van der Waals surface area contributed by atoms with Crippen LogP contribution in [0.5, 0.6) is 0 Å². The Bertz CT molecular complexity index is 527. The SMILES string of the molecule is CSC1(C(=O)N2CCC[C@H]([C@@H](O)c3nccn3C)C2)CC1. The molecule has 1 aromatic heterocycles. The number of thioether (sulfide) groups is 1. The highest BCUT2D eigenvalue weighted by atomic mass is 32.2. The van der Waals surface area contributed by atoms with Crippen molar-refractivity contribution in [3.63, 3.8) is 0 Å². The smallest absolute Gasteiger partial charge is 0.238 e. The van der Waals surface area contributed by atoms with Crippen LogP contribution >= 0.6 is 11.8 Å². The van der Waals surface area contributed by atoms with Gasteiger partial charge in [-0.1, -0.05) is 0 Å². The second-order valence-corrected chi connectivity index (χ2v) is 7.38. The molecule has 0 unspecified atom stereocenters. The quantitative estimate of drug-likeness (QED) is 0.917. The molecule has 1 aliphatic heterocycles. The van der Waals surface area contributed by atoms with Crippen molar-refractivity contribution in [3.8, 4) is 0 Å². The maximum Gasteiger partial charge on any atom is 0.238 e. The maximum atomic E-state index is 12.6. The van der Waals surface area contributed by atoms with Crippen molar-refractivity contribution in [2.24, 2.45) is 13.0 Å². The molecule has 0 bridgehead atoms. The zero-order chi connectivity index (χ0) is 15.0. The lowest BCUT2D eigenvalue weighted by Crippen LogP contribution is -2.46. The predicted octanol–water partition coefficient (Wildman–Crippen LogP) is 1.59. The van der Waals surface area contributed by atoms with Crippen molar-refractivity contribution in [3.05, 3.63) is 18.2 Å². The molecule has 6 heteroatoms. The third kappa shape index (κ3) is 2.71. The summed E-state index contributed by atoms with van der Waals surface area (Å²) in [4.78, 5) is 18.8. The number of hydrogen-bond acceptors (Lipinski definition) is 4. The standard InChI is InChI=1S/C15H23N3O2S/c1-17-9-7-16-13(17)12(19)11-4-3-8-18(10-11)14(20)15(21-2)5-6-15/h7,9,11-12,19H,3-6,8,10H2,1-2H3/t11-,12+/m0/s1. The Morgan fingerprint density at radius 1 is 1.57 bits per heavy atom. The number of likely N-dealkylation sites (tertiary alicyclic amines) is 1. The van der Waals surface area contributed by atoms with Crippen LogP contribution < -0.4 is 0 Å². The Labute approximate surface area is 129 Å². The lowest BCUT2D eigenvalue weighted by atomic mass is 9.91. The van der Waals surface area contributed by atoms with Crippen molar-refractivity contribution in [1.29, 1.82) is 0 Å². The molecular weight excluding hydrogens is 286 g/mol. The van der Waals surface area contributed by atoms with Gasteiger partial charge in [-0.25, -0.2) is 4.98 Å². The van der Waals surface area contributed by atoms with Crippen LogP contribution in [-0.2, 0) is 11.8 Å². The van der Waals surface area contributed by atoms with E-state index in [0.29, 0.717) is 12.4 Å². The number of nitrogens with zero attached hydrogens (tertiary/aromatic N) is 3. The first kappa shape index (κ1) is 14.9. The predicted molar refractivity (Wildman–Crippen MR) is 83.0 cm³/mol. The Hall–Kier alpha value is -1.01. The molecule has 2 aliphatic rings. The van der Waals surface area contributed by atoms with E-state index >= 15 is 0 Å². The normalized spacial score (nSPS) is 25.7. The number of carbonyl (C=O) groups is 1. The Morgan fingerprint density at radius 3 is 2.90 bits per heavy atom. The first-order valence-electron chi connectivity index (χ1n) is 7.57. The van der Waals surface area contributed by atoms with E-state index in [0.717, 1.165) is 32.2 Å². The second kappa shape index (κ2) is 5.65. The van der Waals surface area contributed by atoms with Gasteiger partial charge < -0.3 is 14.6 Å². The Balaban J connectivity index is 1.69. The van der Waals surface area contributed by atoms with E-state index in [9.17, 15) is 9.90 Å². The van der Waals surface area contributed by atoms with Gasteiger partial charge in [-0.05, 0) is 31.9 Å². The number of aryl methyl sites for hydroxylation is 1. The molecule has 1 aliphatic carbocycles. The Kier molecular flexibility index (Phi) is 4.01. The first-order chi connectivity index (χ1) is 10.1. The molecule has 1 saturated heterocycles. The number of aromatic nitrogens is 2. The average Bonchev–Trinajstić information content (AvgIpc) is 3.21. The largest absolute Gasteiger partial charge is 0.385 e. The van der Waals surface area contributed by atoms with Gasteiger partial charge in [0.2, 0.25) is 5.91 Å². The maximum absolute atomic E-state index is 12.6. The summed E-state index contributed by atoms with van der Waals surface area (Å²) < 4.78 is 1.70. The van der Waals surface area contributed by atoms with Crippen molar-refractivity contribution in [1.82, 2.24) is 14.5 Å². The highest BCUT2D eigenvalue weighted by Gasteiger charge is 2.51. The molecule has 1 amide bonds. The Morgan fingerprint density at radius 2 is 2.33 bits per heavy atom. The minimum atomic E-state index is -0.593. The summed E-state index contributed by atoms with van der Waals surface area (Å²) in [5, 5.41) is 10.6. The fourth-order valence-electron chi connectivity index (χ4n) is 3.23. The van der Waals surface area contributed by atoms with Gasteiger partial charge in [0.1, 0.15) is 11.9 Å². The molecule has 3 rings (SSSR count). The second-order valence-electron chi connectivity index (χ2n) is 6.19. The third-order valence-corrected chi connectivity index (χ3v) is 6.16. The van der Waals surface area contributed by atoms with Crippen LogP contribution in [0.2, 0.25) is 0 Å². The number of amides is 1. The van der Waals surface area contributed by atoms with Gasteiger partial charge in [-0.3, -0.25) is 4.79 Å². The number of piperidine rings is 1. The zero-order valence-electron chi connectivity index (χ0n) is 12.7. The van der Waals surface area contributed by atoms with E-state index in [1.165, 1.54) is 0 Å². The van der Waals surface area contributed by atoms with E-state index in [2.05, 4.69) is 4.98 Å². The molecule has 1 saturated carbocycles. The molecule has 5 nitrogen and oxygen atoms in total. The van der Waals surface area contributed by atoms with Gasteiger partial charge >= 0.3 is 0 Å². The van der Waals surface area contributed by atoms with Crippen LogP contribution in [0.1, 0.15) is 37.6 Å². The molecule has 2 atom stereocenters. The molecule has 2 fully saturated rings. The van der Waals surface area contributed by atoms with Crippen molar-refractivity contribution < 1.29 is 9.90 Å². The van der Waals surface area contributed by atoms with Crippen molar-refractivity contribution in [2.75, 3.05) is 19.3 Å². The van der Waals surface area contributed by atoms with Gasteiger partial charge in [-0.2, -0.15) is 0 Å². The van der Waals surface area contributed by atoms with Crippen LogP contribution in [0.25, 0.3) is 0 Å². The summed E-state index contributed by atoms with van der Waals surface area (Å²) in [5.74, 6) is 1.05. The topological polar surface area (TPSA) is 58.4 Å². The highest BCUT2D eigenvalue weighted by Crippen LogP contribution is 2.49. The lowest BCUT2D eigenvalue weighted by molar-refractivity contribution is -0.134. The van der Waals surface area contributed by atoms with E-state index in [1.807, 2.05) is 29.0 Å². The minimum absolute atomic E-state index is 0.0847. The van der Waals surface area contributed by atoms with Crippen LogP contribution in [0, 0.1) is 5.92 Å². The first-order valence-corrected chi connectivity index (χ1v) is 8.80. The lowest BCUT2D eigenvalue weighted by Gasteiger charge is -2.36. The number of hydrogen-bond donors (Lipinski definition) is 1. The summed E-state index contributed by atoms with van der Waals surface area (Å²) >= 11 is 1.68. The summed E-state index contributed by atoms with van der Waals surface area (Å²) in [6.07, 6.45) is 8.88. The zero-order valence-corrected chi connectivity index (χ0v) is 13.5. The number of carbonyl (C=O) groups excluding carboxylic acids is 1. The molecular formula is C15H23N3O2S. The molecule has 116 valence electrons. The molecule has 1 N–H and O–H groups in total. The minimum Gasteiger partial charge on any atom is -0.385 e. The molecule has 0 spiro atoms. The van der Waals surface area contributed by atoms with Gasteiger partial charge in [-0.15, -0.1) is 11.8 Å². The van der Waals surface area contributed by atoms with Crippen LogP contribution in [0.4, 0.5) is 0 Å². The average molecular weight is 309 g/mol. The summed E-state index contributed by atoms with van der Waals surface area (Å²) in [6.45, 7) is 1.47. The molecule has 2 heterocycles. The fourth-order valence-corrected chi connectivity index (χ4v) is 4.05. The van der Waals surface area contributed by atoms with Gasteiger partial charge in [0.25, 0.3) is 0 Å². The van der Waals surface area contributed by atoms with E-state index < -0.39 is 6.10 Å². The van der Waals surface area contributed by atoms with E-state index in [1.54, 1.807) is 18.0 Å². The number of imidazole rings is 1. The van der Waals surface area contributed by atoms with Crippen LogP contribution in [-0.4, -0.2) is 49.6 Å². The number of aliphatic hydroxyl groups excluding tert-OH is 1. The molecule has 1 aromatic rings. The van der Waals surface area contributed by atoms with Crippen LogP contribution in [0.3, 0.4) is 0 Å². The van der Waals surface area contributed by atoms with E-state index in [4.69, 9.17) is 0 Å². The van der Waals surface area contributed by atoms with Crippen LogP contribution in [0.15, 0.2) is 12.4 Å². The molecule has 0 radical (unpaired) electrons. The molecule has 0 aromatic carbocycles. The summed E-state index contributed by atoms with van der Waals surface area (Å²) in [5.41, 5.74) is 0. The van der Waals surface area contributed by atoms with Crippen molar-refractivity contribution >= 4 is 17.7 Å². The fraction of sp³-hybridized carbons (Fsp3) is 0.733. The van der Waals surface area contributed by atoms with E-state index in [-0.39, 0.29) is 16.6 Å². The van der Waals surface area contributed by atoms with Crippen molar-refractivity contribution in [2.45, 2.75) is 36.5 Å². The third-order valence-electron chi connectivity index (χ3n) is 4.80. The van der Waals surface area contributed by atoms with Gasteiger partial charge in [0.15, 0.2) is 0 Å². The molecule has 21 heavy (non-hydrogen) atoms. The van der Waals surface area contributed by atoms with Gasteiger partial charge in [0, 0.05) is 38.4 Å². The number of aliphatic hydroxyl groups is 1. The monoisotopic (exact) mass is 309 g/mol. The summed E-state index contributed by atoms with van der Waals surface area (Å²) in [6, 6.07) is 0. The number of rotatable bonds is 4. The van der Waals surface area contributed by atoms with Gasteiger partial charge in [0.05, 0.1) is 4.75 Å².